The minimum Gasteiger partial charge on any atom is -0.489 e. The Morgan fingerprint density at radius 2 is 1.85 bits per heavy atom. The predicted octanol–water partition coefficient (Wildman–Crippen LogP) is 3.80. The van der Waals surface area contributed by atoms with E-state index >= 15 is 0 Å². The third kappa shape index (κ3) is 2.89. The van der Waals surface area contributed by atoms with Crippen molar-refractivity contribution in [2.75, 3.05) is 19.8 Å². The zero-order valence-electron chi connectivity index (χ0n) is 12.0. The highest BCUT2D eigenvalue weighted by Gasteiger charge is 2.30. The van der Waals surface area contributed by atoms with Gasteiger partial charge in [-0.2, -0.15) is 0 Å². The van der Waals surface area contributed by atoms with Crippen LogP contribution in [-0.2, 0) is 4.74 Å². The van der Waals surface area contributed by atoms with Crippen molar-refractivity contribution < 1.29 is 14.2 Å². The van der Waals surface area contributed by atoms with Gasteiger partial charge >= 0.3 is 0 Å². The molecule has 0 radical (unpaired) electrons. The Hall–Kier alpha value is -0.930. The maximum absolute atomic E-state index is 6.61. The maximum Gasteiger partial charge on any atom is 0.161 e. The number of ether oxygens (including phenoxy) is 3. The molecule has 1 aromatic carbocycles. The molecule has 1 aromatic rings. The quantitative estimate of drug-likeness (QED) is 0.777. The average molecular weight is 297 g/mol. The molecule has 0 amide bonds. The summed E-state index contributed by atoms with van der Waals surface area (Å²) >= 11 is 6.61. The number of alkyl halides is 1. The van der Waals surface area contributed by atoms with Gasteiger partial charge < -0.3 is 14.2 Å². The molecule has 0 aromatic heterocycles. The summed E-state index contributed by atoms with van der Waals surface area (Å²) in [6, 6.07) is 6.03. The standard InChI is InChI=1S/C16H21ClO3/c1-10-7-19-14-4-3-12(6-15(14)20-8-10)16(17)13-5-11(2)18-9-13/h3-4,6,10-11,13,16H,5,7-9H2,1-2H3. The van der Waals surface area contributed by atoms with E-state index in [1.165, 1.54) is 0 Å². The fraction of sp³-hybridized carbons (Fsp3) is 0.625. The summed E-state index contributed by atoms with van der Waals surface area (Å²) in [7, 11) is 0. The fourth-order valence-electron chi connectivity index (χ4n) is 2.77. The third-order valence-electron chi connectivity index (χ3n) is 3.98. The second kappa shape index (κ2) is 5.82. The SMILES string of the molecule is CC1COc2ccc(C(Cl)C3COC(C)C3)cc2OC1. The van der Waals surface area contributed by atoms with Crippen molar-refractivity contribution in [3.05, 3.63) is 23.8 Å². The molecule has 0 bridgehead atoms. The van der Waals surface area contributed by atoms with E-state index in [1.807, 2.05) is 18.2 Å². The predicted molar refractivity (Wildman–Crippen MR) is 78.7 cm³/mol. The van der Waals surface area contributed by atoms with Crippen LogP contribution in [0.4, 0.5) is 0 Å². The van der Waals surface area contributed by atoms with Crippen LogP contribution in [0.5, 0.6) is 11.5 Å². The van der Waals surface area contributed by atoms with Gasteiger partial charge in [-0.05, 0) is 31.0 Å². The summed E-state index contributed by atoms with van der Waals surface area (Å²) in [6.07, 6.45) is 1.32. The summed E-state index contributed by atoms with van der Waals surface area (Å²) in [5.41, 5.74) is 1.09. The number of fused-ring (bicyclic) bond motifs is 1. The molecule has 1 fully saturated rings. The van der Waals surface area contributed by atoms with Crippen molar-refractivity contribution in [2.45, 2.75) is 31.7 Å². The Bertz CT molecular complexity index is 477. The maximum atomic E-state index is 6.61. The molecular formula is C16H21ClO3. The first kappa shape index (κ1) is 14.0. The van der Waals surface area contributed by atoms with E-state index in [4.69, 9.17) is 25.8 Å². The number of hydrogen-bond donors (Lipinski definition) is 0. The van der Waals surface area contributed by atoms with Crippen LogP contribution in [0.15, 0.2) is 18.2 Å². The van der Waals surface area contributed by atoms with E-state index in [0.717, 1.165) is 30.1 Å². The second-order valence-corrected chi connectivity index (χ2v) is 6.45. The Morgan fingerprint density at radius 1 is 1.10 bits per heavy atom. The van der Waals surface area contributed by atoms with Crippen molar-refractivity contribution in [1.82, 2.24) is 0 Å². The molecule has 4 unspecified atom stereocenters. The van der Waals surface area contributed by atoms with E-state index < -0.39 is 0 Å². The Kier molecular flexibility index (Phi) is 4.08. The Balaban J connectivity index is 1.78. The topological polar surface area (TPSA) is 27.7 Å². The molecule has 3 nitrogen and oxygen atoms in total. The fourth-order valence-corrected chi connectivity index (χ4v) is 3.08. The van der Waals surface area contributed by atoms with Gasteiger partial charge in [0.2, 0.25) is 0 Å². The second-order valence-electron chi connectivity index (χ2n) is 5.97. The lowest BCUT2D eigenvalue weighted by Crippen LogP contribution is -2.12. The number of hydrogen-bond acceptors (Lipinski definition) is 3. The third-order valence-corrected chi connectivity index (χ3v) is 4.58. The van der Waals surface area contributed by atoms with Gasteiger partial charge in [-0.1, -0.05) is 13.0 Å². The lowest BCUT2D eigenvalue weighted by molar-refractivity contribution is 0.120. The van der Waals surface area contributed by atoms with Crippen molar-refractivity contribution in [1.29, 1.82) is 0 Å². The van der Waals surface area contributed by atoms with Gasteiger partial charge in [-0.15, -0.1) is 11.6 Å². The van der Waals surface area contributed by atoms with E-state index in [0.29, 0.717) is 31.2 Å². The molecular weight excluding hydrogens is 276 g/mol. The van der Waals surface area contributed by atoms with Gasteiger partial charge in [-0.25, -0.2) is 0 Å². The van der Waals surface area contributed by atoms with Gasteiger partial charge in [0.05, 0.1) is 31.3 Å². The molecule has 20 heavy (non-hydrogen) atoms. The van der Waals surface area contributed by atoms with Crippen molar-refractivity contribution in [3.63, 3.8) is 0 Å². The molecule has 4 heteroatoms. The molecule has 110 valence electrons. The molecule has 2 heterocycles. The molecule has 0 saturated carbocycles. The zero-order chi connectivity index (χ0) is 14.1. The zero-order valence-corrected chi connectivity index (χ0v) is 12.7. The van der Waals surface area contributed by atoms with E-state index in [2.05, 4.69) is 13.8 Å². The molecule has 2 aliphatic rings. The minimum atomic E-state index is -0.0328. The lowest BCUT2D eigenvalue weighted by atomic mass is 9.96. The Morgan fingerprint density at radius 3 is 2.55 bits per heavy atom. The van der Waals surface area contributed by atoms with Gasteiger partial charge in [0.25, 0.3) is 0 Å². The van der Waals surface area contributed by atoms with Crippen LogP contribution < -0.4 is 9.47 Å². The first-order valence-corrected chi connectivity index (χ1v) is 7.72. The van der Waals surface area contributed by atoms with Crippen LogP contribution in [-0.4, -0.2) is 25.9 Å². The highest BCUT2D eigenvalue weighted by atomic mass is 35.5. The van der Waals surface area contributed by atoms with E-state index in [9.17, 15) is 0 Å². The van der Waals surface area contributed by atoms with Gasteiger partial charge in [0.15, 0.2) is 11.5 Å². The molecule has 0 N–H and O–H groups in total. The van der Waals surface area contributed by atoms with Crippen LogP contribution in [0.25, 0.3) is 0 Å². The Labute approximate surface area is 125 Å². The molecule has 0 aliphatic carbocycles. The van der Waals surface area contributed by atoms with E-state index in [-0.39, 0.29) is 5.38 Å². The lowest BCUT2D eigenvalue weighted by Gasteiger charge is -2.17. The smallest absolute Gasteiger partial charge is 0.161 e. The molecule has 3 rings (SSSR count). The number of benzene rings is 1. The van der Waals surface area contributed by atoms with Crippen LogP contribution in [0.2, 0.25) is 0 Å². The molecule has 1 saturated heterocycles. The van der Waals surface area contributed by atoms with Crippen LogP contribution >= 0.6 is 11.6 Å². The van der Waals surface area contributed by atoms with Gasteiger partial charge in [-0.3, -0.25) is 0 Å². The largest absolute Gasteiger partial charge is 0.489 e. The highest BCUT2D eigenvalue weighted by Crippen LogP contribution is 2.40. The van der Waals surface area contributed by atoms with Crippen molar-refractivity contribution in [2.24, 2.45) is 11.8 Å². The first-order valence-electron chi connectivity index (χ1n) is 7.28. The highest BCUT2D eigenvalue weighted by molar-refractivity contribution is 6.21. The van der Waals surface area contributed by atoms with Gasteiger partial charge in [0, 0.05) is 11.8 Å². The monoisotopic (exact) mass is 296 g/mol. The van der Waals surface area contributed by atoms with Gasteiger partial charge in [0.1, 0.15) is 0 Å². The number of rotatable bonds is 2. The van der Waals surface area contributed by atoms with Crippen LogP contribution in [0, 0.1) is 11.8 Å². The average Bonchev–Trinajstić information content (AvgIpc) is 2.80. The summed E-state index contributed by atoms with van der Waals surface area (Å²) in [6.45, 7) is 6.34. The normalized spacial score (nSPS) is 30.9. The summed E-state index contributed by atoms with van der Waals surface area (Å²) in [4.78, 5) is 0. The minimum absolute atomic E-state index is 0.0328. The first-order chi connectivity index (χ1) is 9.63. The van der Waals surface area contributed by atoms with E-state index in [1.54, 1.807) is 0 Å². The molecule has 2 aliphatic heterocycles. The van der Waals surface area contributed by atoms with Crippen molar-refractivity contribution >= 4 is 11.6 Å². The molecule has 4 atom stereocenters. The van der Waals surface area contributed by atoms with Crippen LogP contribution in [0.3, 0.4) is 0 Å². The van der Waals surface area contributed by atoms with Crippen LogP contribution in [0.1, 0.15) is 31.2 Å². The summed E-state index contributed by atoms with van der Waals surface area (Å²) < 4.78 is 17.2. The summed E-state index contributed by atoms with van der Waals surface area (Å²) in [5.74, 6) is 2.40. The summed E-state index contributed by atoms with van der Waals surface area (Å²) in [5, 5.41) is -0.0328. The van der Waals surface area contributed by atoms with Crippen molar-refractivity contribution in [3.8, 4) is 11.5 Å². The number of halogens is 1. The molecule has 0 spiro atoms.